The van der Waals surface area contributed by atoms with Crippen molar-refractivity contribution in [2.45, 2.75) is 0 Å². The number of rotatable bonds is 0. The molecule has 1 aromatic heterocycles. The van der Waals surface area contributed by atoms with Gasteiger partial charge in [-0.05, 0) is 56.0 Å². The van der Waals surface area contributed by atoms with E-state index in [2.05, 4.69) is 38.5 Å². The maximum Gasteiger partial charge on any atom is 0.139 e. The number of fused-ring (bicyclic) bond motifs is 1. The smallest absolute Gasteiger partial charge is 0.139 e. The van der Waals surface area contributed by atoms with Crippen LogP contribution in [0.4, 0.5) is 4.39 Å². The van der Waals surface area contributed by atoms with Crippen LogP contribution in [0.2, 0.25) is 0 Å². The molecule has 0 aliphatic rings. The van der Waals surface area contributed by atoms with E-state index in [9.17, 15) is 4.39 Å². The molecule has 0 saturated carbocycles. The summed E-state index contributed by atoms with van der Waals surface area (Å²) in [5.41, 5.74) is 0. The van der Waals surface area contributed by atoms with E-state index in [4.69, 9.17) is 0 Å². The van der Waals surface area contributed by atoms with Gasteiger partial charge < -0.3 is 0 Å². The van der Waals surface area contributed by atoms with Gasteiger partial charge in [0.15, 0.2) is 0 Å². The van der Waals surface area contributed by atoms with Crippen molar-refractivity contribution in [1.29, 1.82) is 0 Å². The number of hydrogen-bond donors (Lipinski definition) is 0. The summed E-state index contributed by atoms with van der Waals surface area (Å²) in [5, 5.41) is 3.09. The molecule has 0 spiro atoms. The minimum Gasteiger partial charge on any atom is -0.206 e. The summed E-state index contributed by atoms with van der Waals surface area (Å²) in [5.74, 6) is -0.186. The number of thiophene rings is 1. The number of hydrogen-bond acceptors (Lipinski definition) is 1. The molecule has 1 aromatic carbocycles. The number of benzene rings is 1. The van der Waals surface area contributed by atoms with Gasteiger partial charge in [-0.25, -0.2) is 4.39 Å². The Morgan fingerprint density at radius 2 is 2.25 bits per heavy atom. The van der Waals surface area contributed by atoms with Gasteiger partial charge in [0.2, 0.25) is 0 Å². The van der Waals surface area contributed by atoms with Crippen LogP contribution in [0.15, 0.2) is 22.0 Å². The summed E-state index contributed by atoms with van der Waals surface area (Å²) < 4.78 is 15.7. The fraction of sp³-hybridized carbons (Fsp3) is 0. The minimum absolute atomic E-state index is 0.186. The van der Waals surface area contributed by atoms with Gasteiger partial charge in [-0.2, -0.15) is 0 Å². The van der Waals surface area contributed by atoms with E-state index < -0.39 is 0 Å². The molecular formula is C8H3BrFIS. The van der Waals surface area contributed by atoms with Gasteiger partial charge in [0.05, 0.1) is 4.47 Å². The largest absolute Gasteiger partial charge is 0.206 e. The average molecular weight is 357 g/mol. The lowest BCUT2D eigenvalue weighted by molar-refractivity contribution is 0.622. The van der Waals surface area contributed by atoms with E-state index in [0.717, 1.165) is 13.7 Å². The molecule has 0 bridgehead atoms. The first-order chi connectivity index (χ1) is 5.70. The second-order valence-electron chi connectivity index (χ2n) is 2.32. The zero-order valence-electron chi connectivity index (χ0n) is 5.77. The Labute approximate surface area is 95.0 Å². The SMILES string of the molecule is Fc1cc2sccc2c(I)c1Br. The van der Waals surface area contributed by atoms with Crippen LogP contribution in [0.5, 0.6) is 0 Å². The molecule has 4 heteroatoms. The highest BCUT2D eigenvalue weighted by Gasteiger charge is 2.09. The van der Waals surface area contributed by atoms with Gasteiger partial charge in [0.1, 0.15) is 5.82 Å². The molecule has 0 aliphatic carbocycles. The Kier molecular flexibility index (Phi) is 2.39. The summed E-state index contributed by atoms with van der Waals surface area (Å²) in [4.78, 5) is 0. The zero-order chi connectivity index (χ0) is 8.72. The number of halogens is 3. The van der Waals surface area contributed by atoms with Crippen LogP contribution < -0.4 is 0 Å². The molecule has 0 amide bonds. The molecule has 0 unspecified atom stereocenters. The summed E-state index contributed by atoms with van der Waals surface area (Å²) in [6.07, 6.45) is 0. The molecule has 12 heavy (non-hydrogen) atoms. The molecule has 0 nitrogen and oxygen atoms in total. The maximum absolute atomic E-state index is 13.1. The fourth-order valence-electron chi connectivity index (χ4n) is 1.02. The zero-order valence-corrected chi connectivity index (χ0v) is 10.3. The predicted molar refractivity (Wildman–Crippen MR) is 62.2 cm³/mol. The third kappa shape index (κ3) is 1.29. The van der Waals surface area contributed by atoms with Crippen LogP contribution >= 0.6 is 49.9 Å². The van der Waals surface area contributed by atoms with E-state index >= 15 is 0 Å². The first-order valence-corrected chi connectivity index (χ1v) is 5.96. The molecule has 0 aliphatic heterocycles. The Morgan fingerprint density at radius 1 is 1.50 bits per heavy atom. The van der Waals surface area contributed by atoms with Crippen molar-refractivity contribution in [3.05, 3.63) is 31.4 Å². The lowest BCUT2D eigenvalue weighted by Gasteiger charge is -1.99. The van der Waals surface area contributed by atoms with Crippen LogP contribution in [-0.2, 0) is 0 Å². The molecule has 2 rings (SSSR count). The first kappa shape index (κ1) is 8.90. The van der Waals surface area contributed by atoms with Gasteiger partial charge in [-0.15, -0.1) is 11.3 Å². The van der Waals surface area contributed by atoms with Crippen LogP contribution in [0.25, 0.3) is 10.1 Å². The minimum atomic E-state index is -0.186. The van der Waals surface area contributed by atoms with Crippen LogP contribution in [0, 0.1) is 9.39 Å². The summed E-state index contributed by atoms with van der Waals surface area (Å²) in [7, 11) is 0. The second-order valence-corrected chi connectivity index (χ2v) is 5.14. The molecular weight excluding hydrogens is 354 g/mol. The van der Waals surface area contributed by atoms with Gasteiger partial charge in [-0.1, -0.05) is 0 Å². The molecule has 0 atom stereocenters. The van der Waals surface area contributed by atoms with Crippen molar-refractivity contribution >= 4 is 59.9 Å². The van der Waals surface area contributed by atoms with Crippen molar-refractivity contribution in [1.82, 2.24) is 0 Å². The lowest BCUT2D eigenvalue weighted by atomic mass is 10.3. The van der Waals surface area contributed by atoms with Crippen molar-refractivity contribution in [3.63, 3.8) is 0 Å². The van der Waals surface area contributed by atoms with Gasteiger partial charge in [0.25, 0.3) is 0 Å². The van der Waals surface area contributed by atoms with Crippen LogP contribution in [0.3, 0.4) is 0 Å². The Morgan fingerprint density at radius 3 is 3.00 bits per heavy atom. The van der Waals surface area contributed by atoms with Gasteiger partial charge >= 0.3 is 0 Å². The highest BCUT2D eigenvalue weighted by molar-refractivity contribution is 14.1. The average Bonchev–Trinajstić information content (AvgIpc) is 2.48. The molecule has 0 radical (unpaired) electrons. The predicted octanol–water partition coefficient (Wildman–Crippen LogP) is 4.41. The third-order valence-electron chi connectivity index (χ3n) is 1.59. The fourth-order valence-corrected chi connectivity index (χ4v) is 3.07. The normalized spacial score (nSPS) is 10.9. The summed E-state index contributed by atoms with van der Waals surface area (Å²) in [6.45, 7) is 0. The molecule has 1 heterocycles. The highest BCUT2D eigenvalue weighted by atomic mass is 127. The quantitative estimate of drug-likeness (QED) is 0.484. The van der Waals surface area contributed by atoms with E-state index in [1.165, 1.54) is 0 Å². The van der Waals surface area contributed by atoms with Gasteiger partial charge in [-0.3, -0.25) is 0 Å². The van der Waals surface area contributed by atoms with E-state index in [1.54, 1.807) is 17.4 Å². The standard InChI is InChI=1S/C8H3BrFIS/c9-7-5(10)3-6-4(8(7)11)1-2-12-6/h1-3H. The van der Waals surface area contributed by atoms with Crippen LogP contribution in [-0.4, -0.2) is 0 Å². The maximum atomic E-state index is 13.1. The van der Waals surface area contributed by atoms with E-state index in [-0.39, 0.29) is 5.82 Å². The molecule has 0 fully saturated rings. The van der Waals surface area contributed by atoms with Gasteiger partial charge in [0, 0.05) is 13.7 Å². The van der Waals surface area contributed by atoms with Crippen molar-refractivity contribution in [2.75, 3.05) is 0 Å². The topological polar surface area (TPSA) is 0 Å². The highest BCUT2D eigenvalue weighted by Crippen LogP contribution is 2.33. The Hall–Kier alpha value is 0.320. The molecule has 62 valence electrons. The second kappa shape index (κ2) is 3.23. The van der Waals surface area contributed by atoms with Crippen LogP contribution in [0.1, 0.15) is 0 Å². The van der Waals surface area contributed by atoms with Crippen molar-refractivity contribution in [3.8, 4) is 0 Å². The summed E-state index contributed by atoms with van der Waals surface area (Å²) in [6, 6.07) is 3.57. The first-order valence-electron chi connectivity index (χ1n) is 3.21. The van der Waals surface area contributed by atoms with E-state index in [0.29, 0.717) is 4.47 Å². The molecule has 0 N–H and O–H groups in total. The third-order valence-corrected chi connectivity index (χ3v) is 5.09. The van der Waals surface area contributed by atoms with Crippen molar-refractivity contribution < 1.29 is 4.39 Å². The summed E-state index contributed by atoms with van der Waals surface area (Å²) >= 11 is 6.91. The Balaban J connectivity index is 2.94. The molecule has 0 saturated heterocycles. The Bertz CT molecular complexity index is 438. The van der Waals surface area contributed by atoms with Crippen molar-refractivity contribution in [2.24, 2.45) is 0 Å². The van der Waals surface area contributed by atoms with E-state index in [1.807, 2.05) is 11.4 Å². The lowest BCUT2D eigenvalue weighted by Crippen LogP contribution is -1.81. The molecule has 2 aromatic rings. The monoisotopic (exact) mass is 356 g/mol.